The molecule has 0 aliphatic heterocycles. The number of rotatable bonds is 5. The van der Waals surface area contributed by atoms with Crippen LogP contribution in [0.1, 0.15) is 45.4 Å². The number of carbonyl (C=O) groups excluding carboxylic acids is 2. The first-order valence-corrected chi connectivity index (χ1v) is 7.06. The predicted molar refractivity (Wildman–Crippen MR) is 74.0 cm³/mol. The molecule has 122 valence electrons. The number of amides is 2. The van der Waals surface area contributed by atoms with Crippen molar-refractivity contribution in [2.45, 2.75) is 45.4 Å². The quantitative estimate of drug-likeness (QED) is 0.450. The minimum Gasteiger partial charge on any atom is -0.450 e. The maximum atomic E-state index is 12.2. The lowest BCUT2D eigenvalue weighted by Crippen LogP contribution is -2.43. The molecule has 1 fully saturated rings. The van der Waals surface area contributed by atoms with Crippen LogP contribution < -0.4 is 5.48 Å². The molecular weight excluding hydrogens is 280 g/mol. The van der Waals surface area contributed by atoms with Crippen LogP contribution in [-0.4, -0.2) is 51.4 Å². The van der Waals surface area contributed by atoms with Gasteiger partial charge < -0.3 is 15.1 Å². The van der Waals surface area contributed by atoms with Gasteiger partial charge >= 0.3 is 6.16 Å². The highest BCUT2D eigenvalue weighted by Crippen LogP contribution is 2.25. The molecule has 1 aliphatic rings. The summed E-state index contributed by atoms with van der Waals surface area (Å²) in [7, 11) is 0. The second kappa shape index (κ2) is 10.9. The summed E-state index contributed by atoms with van der Waals surface area (Å²) >= 11 is 0. The minimum atomic E-state index is -1.83. The zero-order chi connectivity index (χ0) is 16.3. The van der Waals surface area contributed by atoms with Crippen LogP contribution in [0, 0.1) is 5.92 Å². The van der Waals surface area contributed by atoms with Crippen molar-refractivity contribution in [1.29, 1.82) is 0 Å². The molecule has 1 rings (SSSR count). The zero-order valence-corrected chi connectivity index (χ0v) is 12.2. The van der Waals surface area contributed by atoms with E-state index < -0.39 is 12.1 Å². The molecule has 0 aromatic carbocycles. The topological polar surface area (TPSA) is 127 Å². The smallest absolute Gasteiger partial charge is 0.450 e. The van der Waals surface area contributed by atoms with E-state index in [2.05, 4.69) is 0 Å². The average molecular weight is 304 g/mol. The van der Waals surface area contributed by atoms with E-state index in [0.717, 1.165) is 32.1 Å². The van der Waals surface area contributed by atoms with Gasteiger partial charge in [0.1, 0.15) is 6.54 Å². The van der Waals surface area contributed by atoms with Crippen LogP contribution >= 0.6 is 0 Å². The molecule has 0 saturated heterocycles. The van der Waals surface area contributed by atoms with Gasteiger partial charge in [-0.2, -0.15) is 0 Å². The number of hydrogen-bond acceptors (Lipinski definition) is 4. The lowest BCUT2D eigenvalue weighted by molar-refractivity contribution is -0.142. The molecule has 0 aromatic rings. The molecule has 1 saturated carbocycles. The molecule has 0 spiro atoms. The molecule has 8 nitrogen and oxygen atoms in total. The highest BCUT2D eigenvalue weighted by atomic mass is 16.6. The fraction of sp³-hybridized carbons (Fsp3) is 0.769. The molecule has 2 amide bonds. The number of hydroxylamine groups is 1. The van der Waals surface area contributed by atoms with Gasteiger partial charge in [0.25, 0.3) is 5.91 Å². The summed E-state index contributed by atoms with van der Waals surface area (Å²) < 4.78 is 0. The zero-order valence-electron chi connectivity index (χ0n) is 12.2. The Kier molecular flexibility index (Phi) is 9.95. The molecule has 0 atom stereocenters. The van der Waals surface area contributed by atoms with Gasteiger partial charge in [0.15, 0.2) is 0 Å². The maximum absolute atomic E-state index is 12.2. The summed E-state index contributed by atoms with van der Waals surface area (Å²) in [6, 6.07) is 0. The number of nitrogens with one attached hydrogen (secondary N) is 1. The molecule has 0 heterocycles. The van der Waals surface area contributed by atoms with Crippen LogP contribution in [0.4, 0.5) is 4.79 Å². The molecule has 21 heavy (non-hydrogen) atoms. The first-order valence-electron chi connectivity index (χ1n) is 7.06. The summed E-state index contributed by atoms with van der Waals surface area (Å²) in [4.78, 5) is 33.4. The third-order valence-electron chi connectivity index (χ3n) is 3.22. The van der Waals surface area contributed by atoms with Crippen LogP contribution in [0.5, 0.6) is 0 Å². The highest BCUT2D eigenvalue weighted by molar-refractivity contribution is 5.85. The van der Waals surface area contributed by atoms with Crippen LogP contribution in [0.15, 0.2) is 0 Å². The van der Waals surface area contributed by atoms with E-state index in [0.29, 0.717) is 6.54 Å². The van der Waals surface area contributed by atoms with E-state index in [-0.39, 0.29) is 18.4 Å². The van der Waals surface area contributed by atoms with Crippen LogP contribution in [0.25, 0.3) is 0 Å². The van der Waals surface area contributed by atoms with Crippen molar-refractivity contribution in [3.05, 3.63) is 0 Å². The number of nitrogens with zero attached hydrogens (tertiary/aromatic N) is 1. The van der Waals surface area contributed by atoms with Crippen LogP contribution in [0.2, 0.25) is 0 Å². The predicted octanol–water partition coefficient (Wildman–Crippen LogP) is 1.53. The Hall–Kier alpha value is -1.83. The molecule has 0 bridgehead atoms. The first kappa shape index (κ1) is 19.2. The Bertz CT molecular complexity index is 338. The number of hydrogen-bond donors (Lipinski definition) is 4. The van der Waals surface area contributed by atoms with Gasteiger partial charge in [-0.1, -0.05) is 26.2 Å². The molecule has 0 unspecified atom stereocenters. The van der Waals surface area contributed by atoms with Crippen molar-refractivity contribution in [1.82, 2.24) is 10.4 Å². The molecule has 1 aliphatic carbocycles. The van der Waals surface area contributed by atoms with Crippen molar-refractivity contribution in [3.63, 3.8) is 0 Å². The van der Waals surface area contributed by atoms with Crippen molar-refractivity contribution in [2.24, 2.45) is 5.92 Å². The molecular formula is C13H24N2O6. The molecule has 0 radical (unpaired) electrons. The van der Waals surface area contributed by atoms with Crippen LogP contribution in [-0.2, 0) is 9.59 Å². The summed E-state index contributed by atoms with van der Waals surface area (Å²) in [6.07, 6.45) is 4.25. The maximum Gasteiger partial charge on any atom is 0.503 e. The standard InChI is InChI=1S/C12H22N2O3.CH2O3/c1-2-8-14(9-11(15)13-17)12(16)10-6-4-3-5-7-10;2-1(3)4/h10,17H,2-9H2,1H3,(H,13,15);(H2,2,3,4). The summed E-state index contributed by atoms with van der Waals surface area (Å²) in [6.45, 7) is 2.50. The van der Waals surface area contributed by atoms with E-state index in [1.807, 2.05) is 6.92 Å². The summed E-state index contributed by atoms with van der Waals surface area (Å²) in [5.41, 5.74) is 1.58. The van der Waals surface area contributed by atoms with Gasteiger partial charge in [0.2, 0.25) is 5.91 Å². The first-order chi connectivity index (χ1) is 9.92. The molecule has 0 aromatic heterocycles. The van der Waals surface area contributed by atoms with E-state index in [4.69, 9.17) is 20.2 Å². The van der Waals surface area contributed by atoms with Crippen LogP contribution in [0.3, 0.4) is 0 Å². The summed E-state index contributed by atoms with van der Waals surface area (Å²) in [5.74, 6) is -0.389. The fourth-order valence-corrected chi connectivity index (χ4v) is 2.35. The van der Waals surface area contributed by atoms with Crippen molar-refractivity contribution >= 4 is 18.0 Å². The van der Waals surface area contributed by atoms with Crippen molar-refractivity contribution < 1.29 is 29.8 Å². The van der Waals surface area contributed by atoms with Gasteiger partial charge in [-0.05, 0) is 19.3 Å². The Morgan fingerprint density at radius 1 is 1.14 bits per heavy atom. The number of carbonyl (C=O) groups is 3. The Morgan fingerprint density at radius 3 is 2.10 bits per heavy atom. The van der Waals surface area contributed by atoms with Crippen molar-refractivity contribution in [2.75, 3.05) is 13.1 Å². The van der Waals surface area contributed by atoms with E-state index in [1.165, 1.54) is 6.42 Å². The Labute approximate surface area is 123 Å². The average Bonchev–Trinajstić information content (AvgIpc) is 2.46. The Balaban J connectivity index is 0.000000885. The van der Waals surface area contributed by atoms with Gasteiger partial charge in [-0.25, -0.2) is 10.3 Å². The lowest BCUT2D eigenvalue weighted by atomic mass is 9.88. The van der Waals surface area contributed by atoms with E-state index in [1.54, 1.807) is 10.4 Å². The minimum absolute atomic E-state index is 0.0420. The Morgan fingerprint density at radius 2 is 1.67 bits per heavy atom. The molecule has 8 heteroatoms. The molecule has 4 N–H and O–H groups in total. The second-order valence-electron chi connectivity index (χ2n) is 4.91. The normalized spacial score (nSPS) is 14.6. The van der Waals surface area contributed by atoms with Gasteiger partial charge in [0.05, 0.1) is 0 Å². The van der Waals surface area contributed by atoms with E-state index >= 15 is 0 Å². The monoisotopic (exact) mass is 304 g/mol. The van der Waals surface area contributed by atoms with Gasteiger partial charge in [-0.3, -0.25) is 14.8 Å². The van der Waals surface area contributed by atoms with E-state index in [9.17, 15) is 9.59 Å². The third kappa shape index (κ3) is 8.85. The second-order valence-corrected chi connectivity index (χ2v) is 4.91. The number of carboxylic acid groups (broad SMARTS) is 2. The highest BCUT2D eigenvalue weighted by Gasteiger charge is 2.26. The third-order valence-corrected chi connectivity index (χ3v) is 3.22. The summed E-state index contributed by atoms with van der Waals surface area (Å²) in [5, 5.41) is 22.5. The van der Waals surface area contributed by atoms with Gasteiger partial charge in [0, 0.05) is 12.5 Å². The lowest BCUT2D eigenvalue weighted by Gasteiger charge is -2.28. The van der Waals surface area contributed by atoms with Gasteiger partial charge in [-0.15, -0.1) is 0 Å². The van der Waals surface area contributed by atoms with Crippen molar-refractivity contribution in [3.8, 4) is 0 Å². The SMILES string of the molecule is CCCN(CC(=O)NO)C(=O)C1CCCCC1.O=C(O)O. The largest absolute Gasteiger partial charge is 0.503 e. The fourth-order valence-electron chi connectivity index (χ4n) is 2.35.